The van der Waals surface area contributed by atoms with Crippen molar-refractivity contribution in [1.82, 2.24) is 4.90 Å². The lowest BCUT2D eigenvalue weighted by molar-refractivity contribution is 0.0838. The van der Waals surface area contributed by atoms with Gasteiger partial charge in [0.2, 0.25) is 0 Å². The van der Waals surface area contributed by atoms with Gasteiger partial charge in [-0.25, -0.2) is 4.39 Å². The number of hydrogen-bond donors (Lipinski definition) is 0. The molecule has 2 aromatic carbocycles. The fourth-order valence-corrected chi connectivity index (χ4v) is 6.13. The maximum atomic E-state index is 13.2. The van der Waals surface area contributed by atoms with Crippen LogP contribution in [-0.4, -0.2) is 30.3 Å². The number of nitrogens with zero attached hydrogens (tertiary/aromatic N) is 2. The molecular weight excluding hydrogens is 483 g/mol. The zero-order valence-electron chi connectivity index (χ0n) is 24.2. The molecule has 3 rings (SSSR count). The molecule has 1 saturated heterocycles. The number of nitriles is 1. The maximum Gasteiger partial charge on any atom is 0.166 e. The normalized spacial score (nSPS) is 16.0. The van der Waals surface area contributed by atoms with Crippen molar-refractivity contribution in [2.45, 2.75) is 109 Å². The van der Waals surface area contributed by atoms with E-state index in [0.717, 1.165) is 63.7 Å². The smallest absolute Gasteiger partial charge is 0.166 e. The van der Waals surface area contributed by atoms with Crippen molar-refractivity contribution in [3.8, 4) is 6.07 Å². The summed E-state index contributed by atoms with van der Waals surface area (Å²) in [6.45, 7) is 5.04. The van der Waals surface area contributed by atoms with Gasteiger partial charge in [-0.2, -0.15) is 5.26 Å². The van der Waals surface area contributed by atoms with E-state index in [1.165, 1.54) is 69.9 Å². The van der Waals surface area contributed by atoms with Crippen LogP contribution in [0.3, 0.4) is 0 Å². The Morgan fingerprint density at radius 1 is 0.846 bits per heavy atom. The van der Waals surface area contributed by atoms with Crippen LogP contribution in [0.5, 0.6) is 0 Å². The van der Waals surface area contributed by atoms with E-state index in [1.807, 2.05) is 6.07 Å². The summed E-state index contributed by atoms with van der Waals surface area (Å²) in [5.74, 6) is -0.150. The molecule has 3 nitrogen and oxygen atoms in total. The van der Waals surface area contributed by atoms with Crippen molar-refractivity contribution in [3.05, 3.63) is 71.5 Å². The monoisotopic (exact) mass is 532 g/mol. The first-order chi connectivity index (χ1) is 19.1. The minimum atomic E-state index is -0.418. The first-order valence-corrected chi connectivity index (χ1v) is 15.6. The predicted molar refractivity (Wildman–Crippen MR) is 159 cm³/mol. The molecule has 0 amide bonds. The molecular formula is C35H49FN2O. The van der Waals surface area contributed by atoms with Crippen LogP contribution >= 0.6 is 0 Å². The number of carbonyl (C=O) groups excluding carboxylic acids is 1. The van der Waals surface area contributed by atoms with E-state index in [0.29, 0.717) is 5.56 Å². The molecule has 0 spiro atoms. The van der Waals surface area contributed by atoms with Crippen LogP contribution in [0.1, 0.15) is 119 Å². The summed E-state index contributed by atoms with van der Waals surface area (Å²) in [6, 6.07) is 19.1. The van der Waals surface area contributed by atoms with Gasteiger partial charge < -0.3 is 4.90 Å². The first-order valence-electron chi connectivity index (χ1n) is 15.6. The number of likely N-dealkylation sites (tertiary alicyclic amines) is 1. The second-order valence-electron chi connectivity index (χ2n) is 11.6. The van der Waals surface area contributed by atoms with Crippen molar-refractivity contribution < 1.29 is 9.18 Å². The van der Waals surface area contributed by atoms with E-state index in [2.05, 4.69) is 42.2 Å². The molecule has 1 atom stereocenters. The summed E-state index contributed by atoms with van der Waals surface area (Å²) in [7, 11) is 0. The summed E-state index contributed by atoms with van der Waals surface area (Å²) in [6.07, 6.45) is 17.5. The molecule has 0 saturated carbocycles. The summed E-state index contributed by atoms with van der Waals surface area (Å²) >= 11 is 0. The fourth-order valence-electron chi connectivity index (χ4n) is 6.13. The number of halogens is 1. The Hall–Kier alpha value is -2.51. The largest absolute Gasteiger partial charge is 0.303 e. The van der Waals surface area contributed by atoms with Gasteiger partial charge in [0, 0.05) is 11.5 Å². The quantitative estimate of drug-likeness (QED) is 0.142. The topological polar surface area (TPSA) is 44.1 Å². The number of hydrogen-bond acceptors (Lipinski definition) is 3. The van der Waals surface area contributed by atoms with Crippen LogP contribution in [-0.2, 0) is 5.41 Å². The molecule has 1 unspecified atom stereocenters. The zero-order chi connectivity index (χ0) is 27.8. The molecule has 1 aliphatic rings. The SMILES string of the molecule is CCCCCCCCCCCCC(C#N)(CCCN1CCC(C(=O)c2ccc(F)cc2)CC1)c1ccccc1. The van der Waals surface area contributed by atoms with Gasteiger partial charge >= 0.3 is 0 Å². The van der Waals surface area contributed by atoms with Gasteiger partial charge in [0.1, 0.15) is 5.82 Å². The molecule has 1 heterocycles. The lowest BCUT2D eigenvalue weighted by Crippen LogP contribution is -2.37. The van der Waals surface area contributed by atoms with Crippen molar-refractivity contribution in [3.63, 3.8) is 0 Å². The number of Topliss-reactive ketones (excluding diaryl/α,β-unsaturated/α-hetero) is 1. The van der Waals surface area contributed by atoms with E-state index < -0.39 is 5.41 Å². The molecule has 0 aromatic heterocycles. The zero-order valence-corrected chi connectivity index (χ0v) is 24.2. The molecule has 212 valence electrons. The van der Waals surface area contributed by atoms with E-state index in [4.69, 9.17) is 0 Å². The van der Waals surface area contributed by atoms with Crippen molar-refractivity contribution in [2.24, 2.45) is 5.92 Å². The van der Waals surface area contributed by atoms with Crippen molar-refractivity contribution in [2.75, 3.05) is 19.6 Å². The minimum Gasteiger partial charge on any atom is -0.303 e. The third-order valence-corrected chi connectivity index (χ3v) is 8.66. The fraction of sp³-hybridized carbons (Fsp3) is 0.600. The van der Waals surface area contributed by atoms with Crippen molar-refractivity contribution in [1.29, 1.82) is 5.26 Å². The maximum absolute atomic E-state index is 13.2. The second kappa shape index (κ2) is 17.2. The number of carbonyl (C=O) groups is 1. The summed E-state index contributed by atoms with van der Waals surface area (Å²) in [4.78, 5) is 15.3. The Morgan fingerprint density at radius 3 is 2.00 bits per heavy atom. The highest BCUT2D eigenvalue weighted by Crippen LogP contribution is 2.35. The molecule has 39 heavy (non-hydrogen) atoms. The average molecular weight is 533 g/mol. The van der Waals surface area contributed by atoms with Crippen LogP contribution in [0, 0.1) is 23.1 Å². The van der Waals surface area contributed by atoms with E-state index in [9.17, 15) is 14.4 Å². The Labute approximate surface area is 236 Å². The van der Waals surface area contributed by atoms with Gasteiger partial charge in [0.05, 0.1) is 11.5 Å². The van der Waals surface area contributed by atoms with Crippen LogP contribution in [0.25, 0.3) is 0 Å². The lowest BCUT2D eigenvalue weighted by atomic mass is 9.74. The molecule has 0 radical (unpaired) electrons. The van der Waals surface area contributed by atoms with Crippen molar-refractivity contribution >= 4 is 5.78 Å². The molecule has 2 aromatic rings. The van der Waals surface area contributed by atoms with Gasteiger partial charge in [0.25, 0.3) is 0 Å². The summed E-state index contributed by atoms with van der Waals surface area (Å²) in [5, 5.41) is 10.4. The second-order valence-corrected chi connectivity index (χ2v) is 11.6. The summed E-state index contributed by atoms with van der Waals surface area (Å²) < 4.78 is 13.2. The summed E-state index contributed by atoms with van der Waals surface area (Å²) in [5.41, 5.74) is 1.36. The van der Waals surface area contributed by atoms with Gasteiger partial charge in [-0.05, 0) is 81.6 Å². The number of unbranched alkanes of at least 4 members (excludes halogenated alkanes) is 9. The highest BCUT2D eigenvalue weighted by Gasteiger charge is 2.32. The molecule has 0 aliphatic carbocycles. The predicted octanol–water partition coefficient (Wildman–Crippen LogP) is 9.27. The van der Waals surface area contributed by atoms with Crippen LogP contribution in [0.15, 0.2) is 54.6 Å². The minimum absolute atomic E-state index is 0.0190. The van der Waals surface area contributed by atoms with Gasteiger partial charge in [0.15, 0.2) is 5.78 Å². The van der Waals surface area contributed by atoms with Crippen LogP contribution in [0.4, 0.5) is 4.39 Å². The number of piperidine rings is 1. The third-order valence-electron chi connectivity index (χ3n) is 8.66. The van der Waals surface area contributed by atoms with Crippen LogP contribution < -0.4 is 0 Å². The molecule has 0 bridgehead atoms. The third kappa shape index (κ3) is 10.2. The first kappa shape index (κ1) is 31.0. The standard InChI is InChI=1S/C35H49FN2O/c1-2-3-4-5-6-7-8-9-10-14-24-35(29-37,32-16-12-11-13-17-32)25-15-26-38-27-22-31(23-28-38)34(39)30-18-20-33(36)21-19-30/h11-13,16-21,31H,2-10,14-15,22-28H2,1H3. The Bertz CT molecular complexity index is 992. The van der Waals surface area contributed by atoms with Gasteiger partial charge in [-0.15, -0.1) is 0 Å². The Morgan fingerprint density at radius 2 is 1.41 bits per heavy atom. The van der Waals surface area contributed by atoms with Crippen LogP contribution in [0.2, 0.25) is 0 Å². The number of ketones is 1. The highest BCUT2D eigenvalue weighted by molar-refractivity contribution is 5.97. The molecule has 1 aliphatic heterocycles. The highest BCUT2D eigenvalue weighted by atomic mass is 19.1. The van der Waals surface area contributed by atoms with E-state index in [1.54, 1.807) is 12.1 Å². The molecule has 4 heteroatoms. The van der Waals surface area contributed by atoms with Gasteiger partial charge in [-0.1, -0.05) is 101 Å². The Balaban J connectivity index is 1.42. The number of benzene rings is 2. The number of rotatable bonds is 18. The van der Waals surface area contributed by atoms with E-state index in [-0.39, 0.29) is 17.5 Å². The van der Waals surface area contributed by atoms with Gasteiger partial charge in [-0.3, -0.25) is 4.79 Å². The molecule has 1 fully saturated rings. The lowest BCUT2D eigenvalue weighted by Gasteiger charge is -2.33. The average Bonchev–Trinajstić information content (AvgIpc) is 2.98. The molecule has 0 N–H and O–H groups in total. The Kier molecular flexibility index (Phi) is 13.7. The van der Waals surface area contributed by atoms with E-state index >= 15 is 0 Å².